The van der Waals surface area contributed by atoms with E-state index in [9.17, 15) is 9.59 Å². The fraction of sp³-hybridized carbons (Fsp3) is 0.222. The van der Waals surface area contributed by atoms with Crippen molar-refractivity contribution in [3.8, 4) is 5.75 Å². The van der Waals surface area contributed by atoms with Crippen molar-refractivity contribution in [2.75, 3.05) is 20.2 Å². The average molecular weight is 310 g/mol. The third-order valence-electron chi connectivity index (χ3n) is 3.93. The van der Waals surface area contributed by atoms with E-state index >= 15 is 0 Å². The highest BCUT2D eigenvalue weighted by Gasteiger charge is 2.35. The number of carbonyl (C=O) groups excluding carboxylic acids is 2. The highest BCUT2D eigenvalue weighted by atomic mass is 16.5. The molecule has 5 heteroatoms. The Kier molecular flexibility index (Phi) is 4.28. The topological polar surface area (TPSA) is 58.6 Å². The van der Waals surface area contributed by atoms with Gasteiger partial charge in [0.05, 0.1) is 12.7 Å². The van der Waals surface area contributed by atoms with Crippen LogP contribution in [-0.2, 0) is 4.79 Å². The number of benzene rings is 2. The zero-order chi connectivity index (χ0) is 16.2. The van der Waals surface area contributed by atoms with Crippen molar-refractivity contribution in [3.63, 3.8) is 0 Å². The molecule has 5 nitrogen and oxygen atoms in total. The third kappa shape index (κ3) is 2.90. The highest BCUT2D eigenvalue weighted by Crippen LogP contribution is 2.27. The van der Waals surface area contributed by atoms with Gasteiger partial charge in [-0.1, -0.05) is 42.5 Å². The van der Waals surface area contributed by atoms with Crippen LogP contribution in [0.25, 0.3) is 0 Å². The van der Waals surface area contributed by atoms with Crippen molar-refractivity contribution >= 4 is 11.8 Å². The summed E-state index contributed by atoms with van der Waals surface area (Å²) >= 11 is 0. The molecule has 2 amide bonds. The Balaban J connectivity index is 1.98. The molecule has 0 bridgehead atoms. The van der Waals surface area contributed by atoms with Gasteiger partial charge in [-0.15, -0.1) is 0 Å². The van der Waals surface area contributed by atoms with E-state index < -0.39 is 6.04 Å². The first-order chi connectivity index (χ1) is 11.2. The Morgan fingerprint density at radius 2 is 1.83 bits per heavy atom. The van der Waals surface area contributed by atoms with E-state index in [1.807, 2.05) is 36.4 Å². The van der Waals surface area contributed by atoms with Gasteiger partial charge in [0, 0.05) is 13.1 Å². The largest absolute Gasteiger partial charge is 0.496 e. The number of carbonyl (C=O) groups is 2. The van der Waals surface area contributed by atoms with E-state index in [1.54, 1.807) is 23.1 Å². The fourth-order valence-electron chi connectivity index (χ4n) is 2.83. The molecule has 0 spiro atoms. The van der Waals surface area contributed by atoms with Gasteiger partial charge in [-0.05, 0) is 17.7 Å². The summed E-state index contributed by atoms with van der Waals surface area (Å²) in [5.41, 5.74) is 1.26. The molecule has 1 saturated heterocycles. The summed E-state index contributed by atoms with van der Waals surface area (Å²) in [5.74, 6) is 0.146. The van der Waals surface area contributed by atoms with Crippen molar-refractivity contribution in [3.05, 3.63) is 65.7 Å². The molecule has 0 saturated carbocycles. The number of hydrogen-bond acceptors (Lipinski definition) is 3. The summed E-state index contributed by atoms with van der Waals surface area (Å²) in [6.45, 7) is 0.908. The number of rotatable bonds is 3. The van der Waals surface area contributed by atoms with Crippen LogP contribution in [0.3, 0.4) is 0 Å². The standard InChI is InChI=1S/C18H18N2O3/c1-23-15-10-6-5-9-14(15)18(22)20-12-11-19-17(21)16(20)13-7-3-2-4-8-13/h2-10,16H,11-12H2,1H3,(H,19,21). The van der Waals surface area contributed by atoms with Crippen molar-refractivity contribution < 1.29 is 14.3 Å². The molecule has 1 unspecified atom stereocenters. The summed E-state index contributed by atoms with van der Waals surface area (Å²) in [6, 6.07) is 15.8. The van der Waals surface area contributed by atoms with Gasteiger partial charge < -0.3 is 15.0 Å². The van der Waals surface area contributed by atoms with E-state index in [0.29, 0.717) is 24.4 Å². The van der Waals surface area contributed by atoms with Crippen molar-refractivity contribution in [1.29, 1.82) is 0 Å². The van der Waals surface area contributed by atoms with Gasteiger partial charge in [-0.25, -0.2) is 0 Å². The van der Waals surface area contributed by atoms with Crippen LogP contribution < -0.4 is 10.1 Å². The van der Waals surface area contributed by atoms with Crippen LogP contribution in [0.2, 0.25) is 0 Å². The minimum Gasteiger partial charge on any atom is -0.496 e. The van der Waals surface area contributed by atoms with Gasteiger partial charge in [0.1, 0.15) is 11.8 Å². The van der Waals surface area contributed by atoms with E-state index in [4.69, 9.17) is 4.74 Å². The van der Waals surface area contributed by atoms with Crippen LogP contribution >= 0.6 is 0 Å². The molecule has 0 aliphatic carbocycles. The molecular formula is C18H18N2O3. The van der Waals surface area contributed by atoms with Crippen molar-refractivity contribution in [2.24, 2.45) is 0 Å². The van der Waals surface area contributed by atoms with Gasteiger partial charge >= 0.3 is 0 Å². The van der Waals surface area contributed by atoms with E-state index in [0.717, 1.165) is 5.56 Å². The molecule has 0 aromatic heterocycles. The van der Waals surface area contributed by atoms with Crippen molar-refractivity contribution in [2.45, 2.75) is 6.04 Å². The summed E-state index contributed by atoms with van der Waals surface area (Å²) in [7, 11) is 1.53. The number of nitrogens with one attached hydrogen (secondary N) is 1. The number of ether oxygens (including phenoxy) is 1. The second-order valence-electron chi connectivity index (χ2n) is 5.30. The predicted octanol–water partition coefficient (Wildman–Crippen LogP) is 2.01. The van der Waals surface area contributed by atoms with Gasteiger partial charge in [0.25, 0.3) is 5.91 Å². The zero-order valence-electron chi connectivity index (χ0n) is 12.9. The maximum Gasteiger partial charge on any atom is 0.258 e. The van der Waals surface area contributed by atoms with Crippen LogP contribution in [0, 0.1) is 0 Å². The molecule has 23 heavy (non-hydrogen) atoms. The number of piperazine rings is 1. The minimum atomic E-state index is -0.623. The molecule has 1 N–H and O–H groups in total. The lowest BCUT2D eigenvalue weighted by Gasteiger charge is -2.35. The lowest BCUT2D eigenvalue weighted by Crippen LogP contribution is -2.52. The molecule has 1 aliphatic rings. The Labute approximate surface area is 134 Å². The second-order valence-corrected chi connectivity index (χ2v) is 5.30. The van der Waals surface area contributed by atoms with E-state index in [-0.39, 0.29) is 11.8 Å². The quantitative estimate of drug-likeness (QED) is 0.943. The molecule has 3 rings (SSSR count). The van der Waals surface area contributed by atoms with Crippen LogP contribution in [0.1, 0.15) is 22.0 Å². The molecule has 2 aromatic rings. The Morgan fingerprint density at radius 3 is 2.57 bits per heavy atom. The average Bonchev–Trinajstić information content (AvgIpc) is 2.61. The summed E-state index contributed by atoms with van der Waals surface area (Å²) in [5, 5.41) is 2.83. The van der Waals surface area contributed by atoms with Gasteiger partial charge in [-0.2, -0.15) is 0 Å². The second kappa shape index (κ2) is 6.52. The number of methoxy groups -OCH3 is 1. The smallest absolute Gasteiger partial charge is 0.258 e. The van der Waals surface area contributed by atoms with Gasteiger partial charge in [0.15, 0.2) is 0 Å². The minimum absolute atomic E-state index is 0.161. The first kappa shape index (κ1) is 15.1. The molecule has 2 aromatic carbocycles. The first-order valence-electron chi connectivity index (χ1n) is 7.49. The van der Waals surface area contributed by atoms with Crippen LogP contribution in [-0.4, -0.2) is 36.9 Å². The lowest BCUT2D eigenvalue weighted by molar-refractivity contribution is -0.128. The van der Waals surface area contributed by atoms with Crippen LogP contribution in [0.5, 0.6) is 5.75 Å². The maximum absolute atomic E-state index is 13.0. The monoisotopic (exact) mass is 310 g/mol. The number of hydrogen-bond donors (Lipinski definition) is 1. The van der Waals surface area contributed by atoms with Gasteiger partial charge in [-0.3, -0.25) is 9.59 Å². The Bertz CT molecular complexity index is 715. The summed E-state index contributed by atoms with van der Waals surface area (Å²) < 4.78 is 5.28. The molecule has 118 valence electrons. The number of nitrogens with zero attached hydrogens (tertiary/aromatic N) is 1. The highest BCUT2D eigenvalue weighted by molar-refractivity contribution is 6.00. The van der Waals surface area contributed by atoms with Gasteiger partial charge in [0.2, 0.25) is 5.91 Å². The van der Waals surface area contributed by atoms with Crippen molar-refractivity contribution in [1.82, 2.24) is 10.2 Å². The predicted molar refractivity (Wildman–Crippen MR) is 86.2 cm³/mol. The SMILES string of the molecule is COc1ccccc1C(=O)N1CCNC(=O)C1c1ccccc1. The van der Waals surface area contributed by atoms with E-state index in [2.05, 4.69) is 5.32 Å². The zero-order valence-corrected chi connectivity index (χ0v) is 12.9. The van der Waals surface area contributed by atoms with Crippen LogP contribution in [0.4, 0.5) is 0 Å². The molecular weight excluding hydrogens is 292 g/mol. The molecule has 1 heterocycles. The number of para-hydroxylation sites is 1. The Hall–Kier alpha value is -2.82. The van der Waals surface area contributed by atoms with Crippen LogP contribution in [0.15, 0.2) is 54.6 Å². The summed E-state index contributed by atoms with van der Waals surface area (Å²) in [6.07, 6.45) is 0. The summed E-state index contributed by atoms with van der Waals surface area (Å²) in [4.78, 5) is 26.9. The number of amides is 2. The normalized spacial score (nSPS) is 17.5. The fourth-order valence-corrected chi connectivity index (χ4v) is 2.83. The first-order valence-corrected chi connectivity index (χ1v) is 7.49. The van der Waals surface area contributed by atoms with E-state index in [1.165, 1.54) is 7.11 Å². The molecule has 1 fully saturated rings. The third-order valence-corrected chi connectivity index (χ3v) is 3.93. The molecule has 0 radical (unpaired) electrons. The molecule has 1 aliphatic heterocycles. The molecule has 1 atom stereocenters. The Morgan fingerprint density at radius 1 is 1.13 bits per heavy atom. The maximum atomic E-state index is 13.0. The lowest BCUT2D eigenvalue weighted by atomic mass is 10.0.